The highest BCUT2D eigenvalue weighted by molar-refractivity contribution is 5.97. The van der Waals surface area contributed by atoms with E-state index in [0.29, 0.717) is 25.8 Å². The first-order chi connectivity index (χ1) is 9.19. The lowest BCUT2D eigenvalue weighted by atomic mass is 10.0. The second-order valence-corrected chi connectivity index (χ2v) is 4.04. The number of carbonyl (C=O) groups excluding carboxylic acids is 3. The predicted octanol–water partition coefficient (Wildman–Crippen LogP) is -0.588. The van der Waals surface area contributed by atoms with Crippen LogP contribution in [0.5, 0.6) is 0 Å². The van der Waals surface area contributed by atoms with E-state index in [-0.39, 0.29) is 19.0 Å². The number of carbonyl (C=O) groups is 3. The van der Waals surface area contributed by atoms with Crippen LogP contribution < -0.4 is 0 Å². The summed E-state index contributed by atoms with van der Waals surface area (Å²) < 4.78 is 9.34. The number of ketones is 1. The van der Waals surface area contributed by atoms with Gasteiger partial charge < -0.3 is 14.3 Å². The first kappa shape index (κ1) is 15.3. The molecule has 0 N–H and O–H groups in total. The maximum Gasteiger partial charge on any atom is 0.331 e. The van der Waals surface area contributed by atoms with Gasteiger partial charge >= 0.3 is 5.97 Å². The van der Waals surface area contributed by atoms with Gasteiger partial charge in [0, 0.05) is 13.0 Å². The minimum Gasteiger partial charge on any atom is -0.467 e. The molecule has 1 saturated heterocycles. The lowest BCUT2D eigenvalue weighted by Crippen LogP contribution is -2.46. The molecule has 0 spiro atoms. The normalized spacial score (nSPS) is 19.4. The van der Waals surface area contributed by atoms with Gasteiger partial charge in [-0.3, -0.25) is 9.69 Å². The number of hydrogen-bond acceptors (Lipinski definition) is 6. The van der Waals surface area contributed by atoms with Crippen molar-refractivity contribution in [2.45, 2.75) is 18.9 Å². The summed E-state index contributed by atoms with van der Waals surface area (Å²) in [5.41, 5.74) is 0. The first-order valence-corrected chi connectivity index (χ1v) is 6.01. The highest BCUT2D eigenvalue weighted by atomic mass is 16.6. The number of Topliss-reactive ketones (excluding diaryl/α,β-unsaturated/α-hetero) is 1. The molecule has 1 heterocycles. The van der Waals surface area contributed by atoms with Crippen molar-refractivity contribution in [3.63, 3.8) is 0 Å². The van der Waals surface area contributed by atoms with E-state index in [4.69, 9.17) is 4.74 Å². The first-order valence-electron chi connectivity index (χ1n) is 6.01. The van der Waals surface area contributed by atoms with Gasteiger partial charge in [0.05, 0.1) is 13.7 Å². The maximum absolute atomic E-state index is 11.5. The van der Waals surface area contributed by atoms with Crippen LogP contribution in [0.3, 0.4) is 0 Å². The van der Waals surface area contributed by atoms with Crippen LogP contribution in [-0.4, -0.2) is 62.4 Å². The third-order valence-corrected chi connectivity index (χ3v) is 2.75. The second-order valence-electron chi connectivity index (χ2n) is 4.04. The number of ether oxygens (including phenoxy) is 2. The molecule has 19 heavy (non-hydrogen) atoms. The lowest BCUT2D eigenvalue weighted by molar-refractivity contribution is -0.145. The number of methoxy groups -OCH3 is 1. The molecule has 0 unspecified atom stereocenters. The maximum atomic E-state index is 11.5. The standard InChI is InChI=1S/C13H17NO5/c1-18-13(17)10-19-8-3-2-6-14-7-4-5-12(16)11(14)9-15/h9,11H,4-8,10H2,1H3/t11-/m1/s1. The van der Waals surface area contributed by atoms with Crippen molar-refractivity contribution >= 4 is 18.0 Å². The molecule has 1 rings (SSSR count). The van der Waals surface area contributed by atoms with Crippen LogP contribution in [0.4, 0.5) is 0 Å². The van der Waals surface area contributed by atoms with Crippen LogP contribution in [0.1, 0.15) is 12.8 Å². The van der Waals surface area contributed by atoms with Crippen LogP contribution in [0, 0.1) is 11.8 Å². The molecule has 0 amide bonds. The van der Waals surface area contributed by atoms with Crippen molar-refractivity contribution in [2.24, 2.45) is 0 Å². The van der Waals surface area contributed by atoms with Gasteiger partial charge in [-0.1, -0.05) is 11.8 Å². The van der Waals surface area contributed by atoms with E-state index in [0.717, 1.165) is 6.42 Å². The molecule has 0 aromatic rings. The molecule has 1 fully saturated rings. The van der Waals surface area contributed by atoms with Crippen LogP contribution in [0.25, 0.3) is 0 Å². The fourth-order valence-corrected chi connectivity index (χ4v) is 1.74. The fourth-order valence-electron chi connectivity index (χ4n) is 1.74. The number of likely N-dealkylation sites (tertiary alicyclic amines) is 1. The summed E-state index contributed by atoms with van der Waals surface area (Å²) in [5, 5.41) is 0. The Morgan fingerprint density at radius 3 is 3.00 bits per heavy atom. The third-order valence-electron chi connectivity index (χ3n) is 2.75. The Bertz CT molecular complexity index is 396. The third kappa shape index (κ3) is 5.20. The molecular formula is C13H17NO5. The van der Waals surface area contributed by atoms with Crippen molar-refractivity contribution < 1.29 is 23.9 Å². The molecular weight excluding hydrogens is 250 g/mol. The number of piperidine rings is 1. The van der Waals surface area contributed by atoms with Crippen molar-refractivity contribution in [1.29, 1.82) is 0 Å². The van der Waals surface area contributed by atoms with E-state index < -0.39 is 12.0 Å². The molecule has 6 heteroatoms. The highest BCUT2D eigenvalue weighted by Crippen LogP contribution is 2.11. The van der Waals surface area contributed by atoms with Crippen LogP contribution >= 0.6 is 0 Å². The number of esters is 1. The Kier molecular flexibility index (Phi) is 6.79. The summed E-state index contributed by atoms with van der Waals surface area (Å²) in [4.78, 5) is 34.8. The van der Waals surface area contributed by atoms with Gasteiger partial charge in [0.15, 0.2) is 5.78 Å². The van der Waals surface area contributed by atoms with Crippen molar-refractivity contribution in [3.8, 4) is 11.8 Å². The molecule has 1 aliphatic rings. The number of aldehydes is 1. The number of hydrogen-bond donors (Lipinski definition) is 0. The molecule has 0 saturated carbocycles. The van der Waals surface area contributed by atoms with E-state index in [9.17, 15) is 14.4 Å². The molecule has 1 atom stereocenters. The van der Waals surface area contributed by atoms with Gasteiger partial charge in [-0.05, 0) is 6.42 Å². The molecule has 0 aromatic heterocycles. The summed E-state index contributed by atoms with van der Waals surface area (Å²) in [6.07, 6.45) is 1.87. The molecule has 0 bridgehead atoms. The van der Waals surface area contributed by atoms with Gasteiger partial charge in [0.1, 0.15) is 25.5 Å². The average Bonchev–Trinajstić information content (AvgIpc) is 2.42. The van der Waals surface area contributed by atoms with Crippen molar-refractivity contribution in [3.05, 3.63) is 0 Å². The Labute approximate surface area is 112 Å². The fraction of sp³-hybridized carbons (Fsp3) is 0.615. The van der Waals surface area contributed by atoms with Crippen molar-refractivity contribution in [1.82, 2.24) is 4.90 Å². The predicted molar refractivity (Wildman–Crippen MR) is 66.3 cm³/mol. The summed E-state index contributed by atoms with van der Waals surface area (Å²) in [7, 11) is 1.28. The van der Waals surface area contributed by atoms with Gasteiger partial charge in [0.2, 0.25) is 0 Å². The van der Waals surface area contributed by atoms with Gasteiger partial charge in [-0.25, -0.2) is 4.79 Å². The summed E-state index contributed by atoms with van der Waals surface area (Å²) in [6, 6.07) is -0.668. The SMILES string of the molecule is COC(=O)COCC#CCN1CCCC(=O)[C@H]1C=O. The minimum absolute atomic E-state index is 0.0509. The summed E-state index contributed by atoms with van der Waals surface area (Å²) >= 11 is 0. The number of nitrogens with zero attached hydrogens (tertiary/aromatic N) is 1. The van der Waals surface area contributed by atoms with Crippen LogP contribution in [-0.2, 0) is 23.9 Å². The van der Waals surface area contributed by atoms with Gasteiger partial charge in [0.25, 0.3) is 0 Å². The average molecular weight is 267 g/mol. The van der Waals surface area contributed by atoms with Crippen LogP contribution in [0.2, 0.25) is 0 Å². The monoisotopic (exact) mass is 267 g/mol. The second kappa shape index (κ2) is 8.40. The Balaban J connectivity index is 2.29. The van der Waals surface area contributed by atoms with E-state index in [2.05, 4.69) is 16.6 Å². The molecule has 0 radical (unpaired) electrons. The molecule has 0 aliphatic carbocycles. The van der Waals surface area contributed by atoms with E-state index in [1.807, 2.05) is 0 Å². The molecule has 6 nitrogen and oxygen atoms in total. The zero-order chi connectivity index (χ0) is 14.1. The quantitative estimate of drug-likeness (QED) is 0.218. The summed E-state index contributed by atoms with van der Waals surface area (Å²) in [6.45, 7) is 1.01. The largest absolute Gasteiger partial charge is 0.467 e. The molecule has 104 valence electrons. The van der Waals surface area contributed by atoms with Gasteiger partial charge in [-0.2, -0.15) is 0 Å². The molecule has 0 aromatic carbocycles. The zero-order valence-electron chi connectivity index (χ0n) is 10.9. The van der Waals surface area contributed by atoms with Crippen LogP contribution in [0.15, 0.2) is 0 Å². The number of rotatable bonds is 5. The van der Waals surface area contributed by atoms with E-state index in [1.165, 1.54) is 7.11 Å². The Morgan fingerprint density at radius 2 is 2.32 bits per heavy atom. The topological polar surface area (TPSA) is 72.9 Å². The minimum atomic E-state index is -0.668. The zero-order valence-corrected chi connectivity index (χ0v) is 10.9. The molecule has 1 aliphatic heterocycles. The Hall–Kier alpha value is -1.71. The van der Waals surface area contributed by atoms with E-state index in [1.54, 1.807) is 4.90 Å². The highest BCUT2D eigenvalue weighted by Gasteiger charge is 2.28. The van der Waals surface area contributed by atoms with Crippen molar-refractivity contribution in [2.75, 3.05) is 33.4 Å². The van der Waals surface area contributed by atoms with Gasteiger partial charge in [-0.15, -0.1) is 0 Å². The lowest BCUT2D eigenvalue weighted by Gasteiger charge is -2.29. The Morgan fingerprint density at radius 1 is 1.53 bits per heavy atom. The van der Waals surface area contributed by atoms with E-state index >= 15 is 0 Å². The smallest absolute Gasteiger partial charge is 0.331 e. The summed E-state index contributed by atoms with van der Waals surface area (Å²) in [5.74, 6) is 5.04.